The van der Waals surface area contributed by atoms with E-state index in [1.54, 1.807) is 68.4 Å². The van der Waals surface area contributed by atoms with Gasteiger partial charge in [-0.3, -0.25) is 43.2 Å². The Balaban J connectivity index is 1.31. The first kappa shape index (κ1) is 58.3. The molecule has 2 bridgehead atoms. The van der Waals surface area contributed by atoms with Crippen LogP contribution in [0.4, 0.5) is 0 Å². The Morgan fingerprint density at radius 3 is 2.09 bits per heavy atom. The largest absolute Gasteiger partial charge is 0.508 e. The van der Waals surface area contributed by atoms with Crippen LogP contribution >= 0.6 is 0 Å². The Morgan fingerprint density at radius 2 is 1.42 bits per heavy atom. The summed E-state index contributed by atoms with van der Waals surface area (Å²) in [5.41, 5.74) is 7.29. The normalized spacial score (nSPS) is 22.8. The van der Waals surface area contributed by atoms with E-state index in [1.807, 2.05) is 0 Å². The van der Waals surface area contributed by atoms with Crippen LogP contribution in [0.1, 0.15) is 81.6 Å². The summed E-state index contributed by atoms with van der Waals surface area (Å²) < 4.78 is 1.38. The summed E-state index contributed by atoms with van der Waals surface area (Å²) in [4.78, 5) is 142. The number of carboxylic acids is 1. The highest BCUT2D eigenvalue weighted by Gasteiger charge is 2.42. The smallest absolute Gasteiger partial charge is 0.326 e. The number of nitrogens with zero attached hydrogens (tertiary/aromatic N) is 2. The lowest BCUT2D eigenvalue weighted by Crippen LogP contribution is -2.61. The number of nitrogens with two attached hydrogens (primary N) is 1. The standard InChI is InChI=1S/C55H69N11O13/c1-30(2)45-52(75)61-38(25-31-11-4-3-5-12-31)47(70)62-41(29-67)50(73)59-40(48(71)58-37(55(78)79)14-8-9-23-56)27-33-28-66(42-15-7-6-13-35(33)42)46(53(76)63-45)64-49(72)39(26-32-17-19-34(68)20-18-32)60-51(74)43-16-10-24-65(43)54(77)36-21-22-44(69)57-36/h3-7,11-13,15,17-20,28,30,36-41,43,45-46,67-68H,8-10,14,16,21-27,29,56H2,1-2H3,(H,57,69)(H,58,71)(H,59,73)(H,60,74)(H,61,75)(H,62,70)(H,63,76)(H,64,72)(H,78,79)/t36-,37+,38-,39+,40-,41+,43+,45+,46-/m1/s1. The summed E-state index contributed by atoms with van der Waals surface area (Å²) >= 11 is 0. The fourth-order valence-electron chi connectivity index (χ4n) is 10.1. The maximum absolute atomic E-state index is 15.2. The zero-order valence-electron chi connectivity index (χ0n) is 43.9. The van der Waals surface area contributed by atoms with Crippen molar-refractivity contribution in [3.8, 4) is 5.75 Å². The molecule has 2 fully saturated rings. The number of aromatic hydroxyl groups is 1. The third-order valence-electron chi connectivity index (χ3n) is 14.4. The molecule has 0 unspecified atom stereocenters. The van der Waals surface area contributed by atoms with Crippen molar-refractivity contribution in [3.63, 3.8) is 0 Å². The Morgan fingerprint density at radius 1 is 0.734 bits per heavy atom. The van der Waals surface area contributed by atoms with Crippen molar-refractivity contribution in [1.29, 1.82) is 0 Å². The molecule has 3 aliphatic heterocycles. The number of aliphatic carboxylic acids is 1. The fourth-order valence-corrected chi connectivity index (χ4v) is 10.1. The summed E-state index contributed by atoms with van der Waals surface area (Å²) in [7, 11) is 0. The second-order valence-electron chi connectivity index (χ2n) is 20.4. The second-order valence-corrected chi connectivity index (χ2v) is 20.4. The third-order valence-corrected chi connectivity index (χ3v) is 14.4. The number of aliphatic hydroxyl groups is 1. The Kier molecular flexibility index (Phi) is 19.8. The number of carboxylic acid groups (broad SMARTS) is 1. The van der Waals surface area contributed by atoms with E-state index in [4.69, 9.17) is 5.73 Å². The van der Waals surface area contributed by atoms with Crippen LogP contribution in [0.15, 0.2) is 85.1 Å². The number of carbonyl (C=O) groups excluding carboxylic acids is 9. The van der Waals surface area contributed by atoms with E-state index >= 15 is 9.59 Å². The van der Waals surface area contributed by atoms with Crippen LogP contribution in [0.3, 0.4) is 0 Å². The lowest BCUT2D eigenvalue weighted by Gasteiger charge is -2.30. The molecule has 4 aromatic rings. The SMILES string of the molecule is CC(C)[C@@H]1NC(=O)[C@H](NC(=O)[C@H](Cc2ccc(O)cc2)NC(=O)[C@@H]2CCCN2C(=O)[C@H]2CCC(=O)N2)n2cc(c3ccccc32)C[C@H](C(=O)N[C@@H](CCCCN)C(=O)O)NC(=O)[C@H](CO)NC(=O)[C@@H](Cc2ccccc2)NC1=O. The Bertz CT molecular complexity index is 2900. The van der Waals surface area contributed by atoms with Gasteiger partial charge in [0.2, 0.25) is 47.3 Å². The number of aliphatic hydroxyl groups excluding tert-OH is 1. The van der Waals surface area contributed by atoms with Gasteiger partial charge in [0.25, 0.3) is 5.91 Å². The van der Waals surface area contributed by atoms with Crippen LogP contribution < -0.4 is 48.3 Å². The molecule has 1 aromatic heterocycles. The van der Waals surface area contributed by atoms with Crippen LogP contribution in [-0.4, -0.2) is 152 Å². The highest BCUT2D eigenvalue weighted by Crippen LogP contribution is 2.27. The second kappa shape index (κ2) is 26.8. The molecule has 79 heavy (non-hydrogen) atoms. The molecule has 3 aliphatic rings. The van der Waals surface area contributed by atoms with Crippen molar-refractivity contribution >= 4 is 70.0 Å². The van der Waals surface area contributed by atoms with Crippen molar-refractivity contribution in [2.75, 3.05) is 19.7 Å². The van der Waals surface area contributed by atoms with Gasteiger partial charge < -0.3 is 73.1 Å². The van der Waals surface area contributed by atoms with Gasteiger partial charge in [0, 0.05) is 43.8 Å². The van der Waals surface area contributed by atoms with Gasteiger partial charge >= 0.3 is 5.97 Å². The predicted molar refractivity (Wildman–Crippen MR) is 285 cm³/mol. The quantitative estimate of drug-likeness (QED) is 0.0535. The number of aromatic nitrogens is 1. The highest BCUT2D eigenvalue weighted by molar-refractivity contribution is 6.00. The number of para-hydroxylation sites is 1. The van der Waals surface area contributed by atoms with Gasteiger partial charge in [0.15, 0.2) is 6.17 Å². The average molecular weight is 1090 g/mol. The number of fused-ring (bicyclic) bond motifs is 5. The van der Waals surface area contributed by atoms with E-state index in [1.165, 1.54) is 39.9 Å². The molecule has 9 atom stereocenters. The number of hydrogen-bond acceptors (Lipinski definition) is 13. The first-order valence-corrected chi connectivity index (χ1v) is 26.5. The number of amides is 9. The number of carbonyl (C=O) groups is 10. The summed E-state index contributed by atoms with van der Waals surface area (Å²) in [5, 5.41) is 52.5. The molecular formula is C55H69N11O13. The van der Waals surface area contributed by atoms with E-state index in [0.29, 0.717) is 41.3 Å². The van der Waals surface area contributed by atoms with Crippen molar-refractivity contribution < 1.29 is 63.3 Å². The van der Waals surface area contributed by atoms with Crippen LogP contribution in [0.5, 0.6) is 5.75 Å². The van der Waals surface area contributed by atoms with Gasteiger partial charge in [-0.2, -0.15) is 0 Å². The number of phenols is 1. The molecule has 422 valence electrons. The van der Waals surface area contributed by atoms with Crippen molar-refractivity contribution in [3.05, 3.63) is 102 Å². The minimum atomic E-state index is -1.77. The molecule has 9 amide bonds. The zero-order chi connectivity index (χ0) is 56.9. The van der Waals surface area contributed by atoms with Crippen LogP contribution in [-0.2, 0) is 67.2 Å². The van der Waals surface area contributed by atoms with Crippen molar-refractivity contribution in [1.82, 2.24) is 52.0 Å². The molecule has 0 radical (unpaired) electrons. The topological polar surface area (TPSA) is 362 Å². The van der Waals surface area contributed by atoms with Gasteiger partial charge in [0.1, 0.15) is 54.1 Å². The van der Waals surface area contributed by atoms with Crippen molar-refractivity contribution in [2.45, 2.75) is 133 Å². The van der Waals surface area contributed by atoms with Gasteiger partial charge in [-0.1, -0.05) is 74.5 Å². The number of benzene rings is 3. The van der Waals surface area contributed by atoms with E-state index in [2.05, 4.69) is 42.5 Å². The minimum Gasteiger partial charge on any atom is -0.508 e. The lowest BCUT2D eigenvalue weighted by atomic mass is 10.0. The molecule has 3 aromatic carbocycles. The van der Waals surface area contributed by atoms with Crippen molar-refractivity contribution in [2.24, 2.45) is 11.7 Å². The summed E-state index contributed by atoms with van der Waals surface area (Å²) in [5.74, 6) is -9.13. The summed E-state index contributed by atoms with van der Waals surface area (Å²) in [6.07, 6.45) is 0.847. The maximum atomic E-state index is 15.2. The van der Waals surface area contributed by atoms with Crippen LogP contribution in [0, 0.1) is 5.92 Å². The van der Waals surface area contributed by atoms with E-state index in [-0.39, 0.29) is 75.3 Å². The number of hydrogen-bond donors (Lipinski definition) is 12. The highest BCUT2D eigenvalue weighted by atomic mass is 16.4. The molecule has 0 spiro atoms. The summed E-state index contributed by atoms with van der Waals surface area (Å²) in [6, 6.07) is 10.1. The molecule has 24 nitrogen and oxygen atoms in total. The Labute approximate surface area is 455 Å². The lowest BCUT2D eigenvalue weighted by molar-refractivity contribution is -0.142. The molecule has 13 N–H and O–H groups in total. The Hall–Kier alpha value is -8.38. The molecular weight excluding hydrogens is 1020 g/mol. The number of phenolic OH excluding ortho intramolecular Hbond substituents is 1. The fraction of sp³-hybridized carbons (Fsp3) is 0.455. The maximum Gasteiger partial charge on any atom is 0.326 e. The molecule has 0 saturated carbocycles. The number of rotatable bonds is 18. The molecule has 4 heterocycles. The van der Waals surface area contributed by atoms with Crippen LogP contribution in [0.2, 0.25) is 0 Å². The minimum absolute atomic E-state index is 0.0126. The predicted octanol–water partition coefficient (Wildman–Crippen LogP) is -0.957. The van der Waals surface area contributed by atoms with Crippen LogP contribution in [0.25, 0.3) is 10.9 Å². The van der Waals surface area contributed by atoms with Gasteiger partial charge in [0.05, 0.1) is 12.1 Å². The number of unbranched alkanes of at least 4 members (excludes halogenated alkanes) is 1. The first-order chi connectivity index (χ1) is 37.8. The molecule has 0 aliphatic carbocycles. The third kappa shape index (κ3) is 14.8. The van der Waals surface area contributed by atoms with Gasteiger partial charge in [-0.15, -0.1) is 0 Å². The monoisotopic (exact) mass is 1090 g/mol. The molecule has 7 rings (SSSR count). The van der Waals surface area contributed by atoms with Gasteiger partial charge in [-0.05, 0) is 85.9 Å². The summed E-state index contributed by atoms with van der Waals surface area (Å²) in [6.45, 7) is 2.80. The number of nitrogens with one attached hydrogen (secondary N) is 8. The number of likely N-dealkylation sites (tertiary alicyclic amines) is 1. The average Bonchev–Trinajstić information content (AvgIpc) is 4.22. The first-order valence-electron chi connectivity index (χ1n) is 26.5. The van der Waals surface area contributed by atoms with E-state index in [0.717, 1.165) is 0 Å². The van der Waals surface area contributed by atoms with E-state index < -0.39 is 120 Å². The zero-order valence-corrected chi connectivity index (χ0v) is 43.9. The molecule has 2 saturated heterocycles. The molecule has 24 heteroatoms. The van der Waals surface area contributed by atoms with Gasteiger partial charge in [-0.25, -0.2) is 4.79 Å². The van der Waals surface area contributed by atoms with E-state index in [9.17, 15) is 53.7 Å².